The molecule has 2 atom stereocenters. The number of hydrogen-bond donors (Lipinski definition) is 2. The Labute approximate surface area is 206 Å². The Hall–Kier alpha value is -3.12. The van der Waals surface area contributed by atoms with E-state index in [0.717, 1.165) is 50.9 Å². The lowest BCUT2D eigenvalue weighted by Crippen LogP contribution is -2.37. The molecule has 1 saturated carbocycles. The van der Waals surface area contributed by atoms with E-state index in [9.17, 15) is 13.6 Å². The average Bonchev–Trinajstić information content (AvgIpc) is 3.67. The smallest absolute Gasteiger partial charge is 0.284 e. The lowest BCUT2D eigenvalue weighted by Gasteiger charge is -2.28. The number of halogens is 2. The van der Waals surface area contributed by atoms with Crippen molar-refractivity contribution in [3.05, 3.63) is 35.9 Å². The van der Waals surface area contributed by atoms with Crippen LogP contribution in [0.5, 0.6) is 0 Å². The van der Waals surface area contributed by atoms with E-state index in [-0.39, 0.29) is 36.0 Å². The van der Waals surface area contributed by atoms with E-state index in [0.29, 0.717) is 18.2 Å². The van der Waals surface area contributed by atoms with Gasteiger partial charge in [0, 0.05) is 25.5 Å². The Bertz CT molecular complexity index is 1250. The van der Waals surface area contributed by atoms with Crippen molar-refractivity contribution < 1.29 is 23.4 Å². The first-order valence-corrected chi connectivity index (χ1v) is 12.5. The number of anilines is 2. The molecule has 0 spiro atoms. The molecule has 0 aromatic carbocycles. The Balaban J connectivity index is 1.22. The van der Waals surface area contributed by atoms with Gasteiger partial charge in [-0.2, -0.15) is 10.2 Å². The minimum absolute atomic E-state index is 0.00279. The summed E-state index contributed by atoms with van der Waals surface area (Å²) in [5.74, 6) is 0.631. The molecule has 3 aliphatic rings. The summed E-state index contributed by atoms with van der Waals surface area (Å²) in [5.41, 5.74) is 0.118. The van der Waals surface area contributed by atoms with E-state index in [1.807, 2.05) is 6.07 Å². The SMILES string of the molecule is O=C(Nc1cn(C2CCC(CCO)CC2)nc1C(F)F)c1cnn2ccc(N3C[C@H]4C[C@@H]3CO4)nc12. The van der Waals surface area contributed by atoms with Crippen LogP contribution >= 0.6 is 0 Å². The predicted octanol–water partition coefficient (Wildman–Crippen LogP) is 3.21. The molecule has 2 bridgehead atoms. The second-order valence-electron chi connectivity index (χ2n) is 9.96. The van der Waals surface area contributed by atoms with Gasteiger partial charge in [-0.1, -0.05) is 0 Å². The van der Waals surface area contributed by atoms with Crippen LogP contribution in [0.1, 0.15) is 67.0 Å². The molecule has 2 aliphatic heterocycles. The van der Waals surface area contributed by atoms with Crippen molar-refractivity contribution in [2.75, 3.05) is 30.0 Å². The van der Waals surface area contributed by atoms with Gasteiger partial charge >= 0.3 is 0 Å². The Morgan fingerprint density at radius 2 is 2.08 bits per heavy atom. The van der Waals surface area contributed by atoms with Gasteiger partial charge in [-0.25, -0.2) is 18.3 Å². The van der Waals surface area contributed by atoms with E-state index in [2.05, 4.69) is 25.4 Å². The van der Waals surface area contributed by atoms with Crippen LogP contribution in [0.2, 0.25) is 0 Å². The van der Waals surface area contributed by atoms with Gasteiger partial charge in [0.15, 0.2) is 11.3 Å². The third kappa shape index (κ3) is 4.21. The number of nitrogens with zero attached hydrogens (tertiary/aromatic N) is 6. The summed E-state index contributed by atoms with van der Waals surface area (Å²) in [6, 6.07) is 2.11. The molecule has 2 N–H and O–H groups in total. The zero-order chi connectivity index (χ0) is 24.8. The van der Waals surface area contributed by atoms with Crippen LogP contribution < -0.4 is 10.2 Å². The van der Waals surface area contributed by atoms with Crippen molar-refractivity contribution in [2.24, 2.45) is 5.92 Å². The number of ether oxygens (including phenoxy) is 1. The maximum Gasteiger partial charge on any atom is 0.284 e. The molecular weight excluding hydrogens is 472 g/mol. The zero-order valence-corrected chi connectivity index (χ0v) is 19.8. The van der Waals surface area contributed by atoms with Gasteiger partial charge in [0.1, 0.15) is 11.4 Å². The molecule has 12 heteroatoms. The fraction of sp³-hybridized carbons (Fsp3) is 0.583. The summed E-state index contributed by atoms with van der Waals surface area (Å²) in [5, 5.41) is 20.2. The molecule has 10 nitrogen and oxygen atoms in total. The molecule has 6 rings (SSSR count). The van der Waals surface area contributed by atoms with E-state index < -0.39 is 18.0 Å². The normalized spacial score (nSPS) is 25.8. The second kappa shape index (κ2) is 9.40. The van der Waals surface area contributed by atoms with Gasteiger partial charge in [-0.3, -0.25) is 9.48 Å². The van der Waals surface area contributed by atoms with Crippen molar-refractivity contribution in [3.8, 4) is 0 Å². The molecule has 5 heterocycles. The van der Waals surface area contributed by atoms with E-state index >= 15 is 0 Å². The van der Waals surface area contributed by atoms with Crippen molar-refractivity contribution in [3.63, 3.8) is 0 Å². The number of rotatable bonds is 7. The lowest BCUT2D eigenvalue weighted by molar-refractivity contribution is 0.0988. The van der Waals surface area contributed by atoms with Crippen LogP contribution in [0.4, 0.5) is 20.3 Å². The Morgan fingerprint density at radius 3 is 2.78 bits per heavy atom. The van der Waals surface area contributed by atoms with E-state index in [1.54, 1.807) is 10.9 Å². The summed E-state index contributed by atoms with van der Waals surface area (Å²) >= 11 is 0. The number of nitrogens with one attached hydrogen (secondary N) is 1. The first kappa shape index (κ1) is 23.3. The van der Waals surface area contributed by atoms with Gasteiger partial charge < -0.3 is 20.1 Å². The molecule has 192 valence electrons. The molecule has 3 aromatic rings. The van der Waals surface area contributed by atoms with Gasteiger partial charge in [0.05, 0.1) is 36.7 Å². The van der Waals surface area contributed by atoms with Crippen molar-refractivity contribution in [1.29, 1.82) is 0 Å². The molecule has 2 saturated heterocycles. The molecule has 1 aliphatic carbocycles. The molecule has 1 amide bonds. The number of aliphatic hydroxyl groups excluding tert-OH is 1. The van der Waals surface area contributed by atoms with Gasteiger partial charge in [0.25, 0.3) is 12.3 Å². The highest BCUT2D eigenvalue weighted by Gasteiger charge is 2.39. The highest BCUT2D eigenvalue weighted by molar-refractivity contribution is 6.08. The van der Waals surface area contributed by atoms with E-state index in [1.165, 1.54) is 16.9 Å². The van der Waals surface area contributed by atoms with Crippen molar-refractivity contribution in [2.45, 2.75) is 63.1 Å². The quantitative estimate of drug-likeness (QED) is 0.512. The second-order valence-corrected chi connectivity index (χ2v) is 9.96. The standard InChI is InChI=1S/C24H29F2N7O3/c25-22(26)21-19(12-33(30-21)15-3-1-14(2-4-15)6-8-34)28-24(35)18-10-27-32-7-5-20(29-23(18)32)31-11-17-9-16(31)13-36-17/h5,7,10,12,14-17,22,34H,1-4,6,8-9,11,13H2,(H,28,35)/t14?,15?,16-,17-/m1/s1. The van der Waals surface area contributed by atoms with Crippen molar-refractivity contribution in [1.82, 2.24) is 24.4 Å². The zero-order valence-electron chi connectivity index (χ0n) is 19.8. The summed E-state index contributed by atoms with van der Waals surface area (Å²) in [6.45, 7) is 1.58. The van der Waals surface area contributed by atoms with Gasteiger partial charge in [-0.15, -0.1) is 0 Å². The summed E-state index contributed by atoms with van der Waals surface area (Å²) < 4.78 is 36.4. The Kier molecular flexibility index (Phi) is 6.08. The number of alkyl halides is 2. The summed E-state index contributed by atoms with van der Waals surface area (Å²) in [6.07, 6.45) is 7.17. The average molecular weight is 502 g/mol. The van der Waals surface area contributed by atoms with Crippen LogP contribution in [-0.4, -0.2) is 67.3 Å². The fourth-order valence-corrected chi connectivity index (χ4v) is 5.78. The number of carbonyl (C=O) groups excluding carboxylic acids is 1. The number of hydrogen-bond acceptors (Lipinski definition) is 7. The van der Waals surface area contributed by atoms with Gasteiger partial charge in [-0.05, 0) is 50.5 Å². The van der Waals surface area contributed by atoms with Crippen LogP contribution in [0.15, 0.2) is 24.7 Å². The highest BCUT2D eigenvalue weighted by atomic mass is 19.3. The van der Waals surface area contributed by atoms with Crippen LogP contribution in [0.3, 0.4) is 0 Å². The van der Waals surface area contributed by atoms with Crippen molar-refractivity contribution >= 4 is 23.1 Å². The fourth-order valence-electron chi connectivity index (χ4n) is 5.78. The monoisotopic (exact) mass is 501 g/mol. The first-order valence-electron chi connectivity index (χ1n) is 12.5. The Morgan fingerprint density at radius 1 is 1.25 bits per heavy atom. The van der Waals surface area contributed by atoms with Crippen LogP contribution in [-0.2, 0) is 4.74 Å². The molecule has 36 heavy (non-hydrogen) atoms. The molecule has 3 aromatic heterocycles. The number of aromatic nitrogens is 5. The third-order valence-electron chi connectivity index (χ3n) is 7.74. The van der Waals surface area contributed by atoms with E-state index in [4.69, 9.17) is 9.84 Å². The topological polar surface area (TPSA) is 110 Å². The number of carbonyl (C=O) groups is 1. The van der Waals surface area contributed by atoms with Gasteiger partial charge in [0.2, 0.25) is 0 Å². The number of morpholine rings is 1. The summed E-state index contributed by atoms with van der Waals surface area (Å²) in [7, 11) is 0. The maximum absolute atomic E-state index is 13.8. The molecule has 0 radical (unpaired) electrons. The lowest BCUT2D eigenvalue weighted by atomic mass is 9.84. The largest absolute Gasteiger partial charge is 0.396 e. The predicted molar refractivity (Wildman–Crippen MR) is 126 cm³/mol. The maximum atomic E-state index is 13.8. The molecule has 3 fully saturated rings. The minimum Gasteiger partial charge on any atom is -0.396 e. The molecule has 0 unspecified atom stereocenters. The molecular formula is C24H29F2N7O3. The summed E-state index contributed by atoms with van der Waals surface area (Å²) in [4.78, 5) is 20.0. The number of aliphatic hydroxyl groups is 1. The van der Waals surface area contributed by atoms with Crippen LogP contribution in [0.25, 0.3) is 5.65 Å². The number of amides is 1. The number of fused-ring (bicyclic) bond motifs is 3. The van der Waals surface area contributed by atoms with Crippen LogP contribution in [0, 0.1) is 5.92 Å². The minimum atomic E-state index is -2.83. The highest BCUT2D eigenvalue weighted by Crippen LogP contribution is 2.36. The first-order chi connectivity index (χ1) is 17.5. The third-order valence-corrected chi connectivity index (χ3v) is 7.74.